The summed E-state index contributed by atoms with van der Waals surface area (Å²) in [7, 11) is 0. The largest absolute Gasteiger partial charge is 0.392 e. The molecule has 0 aromatic carbocycles. The van der Waals surface area contributed by atoms with Crippen LogP contribution in [0, 0.1) is 5.92 Å². The Kier molecular flexibility index (Phi) is 3.31. The number of hydrogen-bond acceptors (Lipinski definition) is 3. The molecule has 1 saturated carbocycles. The molecule has 1 N–H and O–H groups in total. The van der Waals surface area contributed by atoms with E-state index in [2.05, 4.69) is 16.9 Å². The predicted octanol–water partition coefficient (Wildman–Crippen LogP) is 2.26. The standard InChI is InChI=1S/C12H18N2O/c1-9-3-2-4-11(5-9)12-13-6-10(8-15)7-14-12/h6-7,9,11,15H,2-5,8H2,1H3. The van der Waals surface area contributed by atoms with Crippen molar-refractivity contribution in [3.05, 3.63) is 23.8 Å². The van der Waals surface area contributed by atoms with E-state index in [0.29, 0.717) is 5.92 Å². The SMILES string of the molecule is CC1CCCC(c2ncc(CO)cn2)C1. The molecule has 82 valence electrons. The van der Waals surface area contributed by atoms with Crippen LogP contribution in [-0.4, -0.2) is 15.1 Å². The van der Waals surface area contributed by atoms with Crippen LogP contribution in [0.4, 0.5) is 0 Å². The van der Waals surface area contributed by atoms with Gasteiger partial charge in [-0.3, -0.25) is 0 Å². The van der Waals surface area contributed by atoms with E-state index in [1.165, 1.54) is 25.7 Å². The van der Waals surface area contributed by atoms with Gasteiger partial charge in [0.25, 0.3) is 0 Å². The molecule has 0 amide bonds. The summed E-state index contributed by atoms with van der Waals surface area (Å²) in [5.41, 5.74) is 0.794. The Bertz CT molecular complexity index is 310. The summed E-state index contributed by atoms with van der Waals surface area (Å²) in [5, 5.41) is 8.90. The lowest BCUT2D eigenvalue weighted by molar-refractivity contribution is 0.280. The van der Waals surface area contributed by atoms with Crippen LogP contribution in [0.1, 0.15) is 49.9 Å². The number of nitrogens with zero attached hydrogens (tertiary/aromatic N) is 2. The molecule has 1 heterocycles. The molecule has 15 heavy (non-hydrogen) atoms. The van der Waals surface area contributed by atoms with Gasteiger partial charge in [-0.25, -0.2) is 9.97 Å². The Morgan fingerprint density at radius 2 is 2.07 bits per heavy atom. The second-order valence-electron chi connectivity index (χ2n) is 4.58. The van der Waals surface area contributed by atoms with E-state index in [-0.39, 0.29) is 6.61 Å². The molecule has 2 rings (SSSR count). The van der Waals surface area contributed by atoms with Crippen molar-refractivity contribution in [2.75, 3.05) is 0 Å². The van der Waals surface area contributed by atoms with E-state index in [9.17, 15) is 0 Å². The molecule has 1 fully saturated rings. The lowest BCUT2D eigenvalue weighted by atomic mass is 9.82. The topological polar surface area (TPSA) is 46.0 Å². The van der Waals surface area contributed by atoms with Gasteiger partial charge in [0, 0.05) is 23.9 Å². The van der Waals surface area contributed by atoms with Gasteiger partial charge in [-0.2, -0.15) is 0 Å². The summed E-state index contributed by atoms with van der Waals surface area (Å²) in [6.45, 7) is 2.33. The van der Waals surface area contributed by atoms with Crippen molar-refractivity contribution in [2.45, 2.75) is 45.1 Å². The molecule has 0 saturated heterocycles. The van der Waals surface area contributed by atoms with E-state index in [1.54, 1.807) is 12.4 Å². The van der Waals surface area contributed by atoms with Crippen LogP contribution in [0.2, 0.25) is 0 Å². The maximum Gasteiger partial charge on any atom is 0.131 e. The molecule has 1 aliphatic rings. The van der Waals surface area contributed by atoms with Gasteiger partial charge in [0.1, 0.15) is 5.82 Å². The summed E-state index contributed by atoms with van der Waals surface area (Å²) < 4.78 is 0. The van der Waals surface area contributed by atoms with Gasteiger partial charge >= 0.3 is 0 Å². The van der Waals surface area contributed by atoms with Crippen LogP contribution in [-0.2, 0) is 6.61 Å². The molecular weight excluding hydrogens is 188 g/mol. The third kappa shape index (κ3) is 2.53. The molecular formula is C12H18N2O. The minimum Gasteiger partial charge on any atom is -0.392 e. The van der Waals surface area contributed by atoms with Crippen molar-refractivity contribution in [3.63, 3.8) is 0 Å². The maximum atomic E-state index is 8.90. The highest BCUT2D eigenvalue weighted by atomic mass is 16.3. The summed E-state index contributed by atoms with van der Waals surface area (Å²) in [5.74, 6) is 2.28. The van der Waals surface area contributed by atoms with E-state index >= 15 is 0 Å². The van der Waals surface area contributed by atoms with Gasteiger partial charge < -0.3 is 5.11 Å². The summed E-state index contributed by atoms with van der Waals surface area (Å²) >= 11 is 0. The Hall–Kier alpha value is -0.960. The smallest absolute Gasteiger partial charge is 0.131 e. The number of aromatic nitrogens is 2. The molecule has 1 aliphatic carbocycles. The molecule has 0 spiro atoms. The fraction of sp³-hybridized carbons (Fsp3) is 0.667. The average molecular weight is 206 g/mol. The first-order chi connectivity index (χ1) is 7.29. The molecule has 0 aliphatic heterocycles. The number of aliphatic hydroxyl groups excluding tert-OH is 1. The van der Waals surface area contributed by atoms with Crippen LogP contribution in [0.15, 0.2) is 12.4 Å². The van der Waals surface area contributed by atoms with E-state index in [4.69, 9.17) is 5.11 Å². The first-order valence-corrected chi connectivity index (χ1v) is 5.71. The average Bonchev–Trinajstić information content (AvgIpc) is 2.29. The lowest BCUT2D eigenvalue weighted by Crippen LogP contribution is -2.14. The Morgan fingerprint density at radius 3 is 2.67 bits per heavy atom. The second-order valence-corrected chi connectivity index (χ2v) is 4.58. The summed E-state index contributed by atoms with van der Waals surface area (Å²) in [6.07, 6.45) is 8.52. The first-order valence-electron chi connectivity index (χ1n) is 5.71. The quantitative estimate of drug-likeness (QED) is 0.807. The summed E-state index contributed by atoms with van der Waals surface area (Å²) in [6, 6.07) is 0. The van der Waals surface area contributed by atoms with Crippen LogP contribution in [0.5, 0.6) is 0 Å². The predicted molar refractivity (Wildman–Crippen MR) is 58.3 cm³/mol. The highest BCUT2D eigenvalue weighted by molar-refractivity contribution is 5.06. The fourth-order valence-electron chi connectivity index (χ4n) is 2.33. The number of rotatable bonds is 2. The van der Waals surface area contributed by atoms with Crippen LogP contribution >= 0.6 is 0 Å². The van der Waals surface area contributed by atoms with E-state index in [1.807, 2.05) is 0 Å². The highest BCUT2D eigenvalue weighted by Crippen LogP contribution is 2.33. The molecule has 3 nitrogen and oxygen atoms in total. The number of hydrogen-bond donors (Lipinski definition) is 1. The first kappa shape index (κ1) is 10.6. The zero-order chi connectivity index (χ0) is 10.7. The van der Waals surface area contributed by atoms with Crippen LogP contribution in [0.25, 0.3) is 0 Å². The third-order valence-electron chi connectivity index (χ3n) is 3.21. The minimum absolute atomic E-state index is 0.0291. The normalized spacial score (nSPS) is 26.5. The van der Waals surface area contributed by atoms with Crippen molar-refractivity contribution >= 4 is 0 Å². The van der Waals surface area contributed by atoms with Crippen molar-refractivity contribution in [2.24, 2.45) is 5.92 Å². The monoisotopic (exact) mass is 206 g/mol. The Balaban J connectivity index is 2.07. The maximum absolute atomic E-state index is 8.90. The lowest BCUT2D eigenvalue weighted by Gasteiger charge is -2.25. The Morgan fingerprint density at radius 1 is 1.33 bits per heavy atom. The molecule has 0 bridgehead atoms. The summed E-state index contributed by atoms with van der Waals surface area (Å²) in [4.78, 5) is 8.67. The third-order valence-corrected chi connectivity index (χ3v) is 3.21. The zero-order valence-corrected chi connectivity index (χ0v) is 9.19. The molecule has 3 heteroatoms. The minimum atomic E-state index is 0.0291. The molecule has 1 aromatic rings. The Labute approximate surface area is 90.6 Å². The van der Waals surface area contributed by atoms with Crippen molar-refractivity contribution in [1.82, 2.24) is 9.97 Å². The molecule has 2 unspecified atom stereocenters. The van der Waals surface area contributed by atoms with Gasteiger partial charge in [-0.05, 0) is 18.8 Å². The van der Waals surface area contributed by atoms with Crippen LogP contribution in [0.3, 0.4) is 0 Å². The van der Waals surface area contributed by atoms with Crippen molar-refractivity contribution in [1.29, 1.82) is 0 Å². The van der Waals surface area contributed by atoms with Crippen molar-refractivity contribution in [3.8, 4) is 0 Å². The van der Waals surface area contributed by atoms with Gasteiger partial charge in [0.2, 0.25) is 0 Å². The molecule has 1 aromatic heterocycles. The van der Waals surface area contributed by atoms with Gasteiger partial charge in [-0.15, -0.1) is 0 Å². The second kappa shape index (κ2) is 4.71. The fourth-order valence-corrected chi connectivity index (χ4v) is 2.33. The van der Waals surface area contributed by atoms with Gasteiger partial charge in [0.05, 0.1) is 6.61 Å². The highest BCUT2D eigenvalue weighted by Gasteiger charge is 2.22. The van der Waals surface area contributed by atoms with Gasteiger partial charge in [0.15, 0.2) is 0 Å². The van der Waals surface area contributed by atoms with Crippen molar-refractivity contribution < 1.29 is 5.11 Å². The zero-order valence-electron chi connectivity index (χ0n) is 9.19. The van der Waals surface area contributed by atoms with E-state index in [0.717, 1.165) is 17.3 Å². The molecule has 0 radical (unpaired) electrons. The number of aliphatic hydroxyl groups is 1. The van der Waals surface area contributed by atoms with Crippen LogP contribution < -0.4 is 0 Å². The molecule has 2 atom stereocenters. The van der Waals surface area contributed by atoms with Gasteiger partial charge in [-0.1, -0.05) is 19.8 Å². The van der Waals surface area contributed by atoms with E-state index < -0.39 is 0 Å².